The molecule has 0 bridgehead atoms. The van der Waals surface area contributed by atoms with Crippen LogP contribution in [0.2, 0.25) is 0 Å². The van der Waals surface area contributed by atoms with E-state index in [1.54, 1.807) is 24.4 Å². The molecule has 1 aliphatic rings. The second kappa shape index (κ2) is 16.1. The molecule has 1 unspecified atom stereocenters. The molecule has 1 saturated heterocycles. The average molecular weight is 551 g/mol. The van der Waals surface area contributed by atoms with E-state index in [0.29, 0.717) is 24.1 Å². The maximum absolute atomic E-state index is 12.9. The molecule has 0 aliphatic carbocycles. The van der Waals surface area contributed by atoms with Crippen molar-refractivity contribution in [2.75, 3.05) is 33.2 Å². The summed E-state index contributed by atoms with van der Waals surface area (Å²) in [7, 11) is 2.15. The van der Waals surface area contributed by atoms with Crippen LogP contribution in [0, 0.1) is 0 Å². The Morgan fingerprint density at radius 3 is 2.35 bits per heavy atom. The quantitative estimate of drug-likeness (QED) is 0.416. The summed E-state index contributed by atoms with van der Waals surface area (Å²) in [5, 5.41) is 2.67. The van der Waals surface area contributed by atoms with Gasteiger partial charge in [-0.05, 0) is 42.8 Å². The lowest BCUT2D eigenvalue weighted by molar-refractivity contribution is -0.137. The van der Waals surface area contributed by atoms with E-state index < -0.39 is 23.6 Å². The largest absolute Gasteiger partial charge is 0.363 e. The highest BCUT2D eigenvalue weighted by atomic mass is 35.5. The lowest BCUT2D eigenvalue weighted by atomic mass is 10.0. The van der Waals surface area contributed by atoms with Crippen LogP contribution in [-0.4, -0.2) is 71.6 Å². The third-order valence-corrected chi connectivity index (χ3v) is 6.21. The van der Waals surface area contributed by atoms with E-state index >= 15 is 0 Å². The van der Waals surface area contributed by atoms with Gasteiger partial charge in [0.25, 0.3) is 11.8 Å². The number of Topliss-reactive ketones (excluding diaryl/α,β-unsaturated/α-hetero) is 1. The molecule has 8 nitrogen and oxygen atoms in total. The number of pyridine rings is 1. The Labute approximate surface area is 231 Å². The van der Waals surface area contributed by atoms with Gasteiger partial charge in [0.15, 0.2) is 0 Å². The number of amides is 2. The number of rotatable bonds is 11. The van der Waals surface area contributed by atoms with Gasteiger partial charge in [-0.15, -0.1) is 24.8 Å². The highest BCUT2D eigenvalue weighted by Crippen LogP contribution is 2.14. The van der Waals surface area contributed by atoms with Crippen LogP contribution < -0.4 is 11.1 Å². The van der Waals surface area contributed by atoms with Crippen molar-refractivity contribution in [1.82, 2.24) is 20.1 Å². The molecule has 2 heterocycles. The number of likely N-dealkylation sites (N-methyl/N-ethyl adjacent to an activating group) is 1. The first-order valence-corrected chi connectivity index (χ1v) is 12.1. The lowest BCUT2D eigenvalue weighted by Gasteiger charge is -2.32. The fourth-order valence-corrected chi connectivity index (χ4v) is 4.00. The number of hydrogen-bond donors (Lipinski definition) is 2. The number of aromatic nitrogens is 1. The minimum atomic E-state index is -1.05. The SMILES string of the molecule is CCCCC(NC(=O)c1cccnc1/C=C/c1ccc(CN2CCN(C)CC2)cc1)C(=O)C(N)=O.Cl.Cl. The van der Waals surface area contributed by atoms with Crippen LogP contribution in [-0.2, 0) is 16.1 Å². The van der Waals surface area contributed by atoms with Gasteiger partial charge in [-0.3, -0.25) is 24.3 Å². The predicted octanol–water partition coefficient (Wildman–Crippen LogP) is 3.19. The molecule has 202 valence electrons. The molecule has 0 saturated carbocycles. The van der Waals surface area contributed by atoms with Crippen LogP contribution in [0.4, 0.5) is 0 Å². The van der Waals surface area contributed by atoms with Crippen molar-refractivity contribution in [3.05, 3.63) is 65.0 Å². The molecule has 2 amide bonds. The molecule has 2 aromatic rings. The monoisotopic (exact) mass is 549 g/mol. The van der Waals surface area contributed by atoms with Gasteiger partial charge in [0.1, 0.15) is 0 Å². The number of hydrogen-bond acceptors (Lipinski definition) is 6. The number of unbranched alkanes of at least 4 members (excludes halogenated alkanes) is 1. The molecular weight excluding hydrogens is 513 g/mol. The van der Waals surface area contributed by atoms with E-state index in [-0.39, 0.29) is 24.8 Å². The molecule has 1 aromatic heterocycles. The van der Waals surface area contributed by atoms with Crippen LogP contribution in [0.5, 0.6) is 0 Å². The van der Waals surface area contributed by atoms with Crippen molar-refractivity contribution in [3.63, 3.8) is 0 Å². The van der Waals surface area contributed by atoms with Gasteiger partial charge in [-0.25, -0.2) is 0 Å². The maximum atomic E-state index is 12.9. The Bertz CT molecular complexity index is 1050. The summed E-state index contributed by atoms with van der Waals surface area (Å²) in [6, 6.07) is 10.7. The van der Waals surface area contributed by atoms with Crippen LogP contribution in [0.25, 0.3) is 12.2 Å². The van der Waals surface area contributed by atoms with Gasteiger partial charge in [-0.2, -0.15) is 0 Å². The van der Waals surface area contributed by atoms with E-state index in [2.05, 4.69) is 51.4 Å². The van der Waals surface area contributed by atoms with E-state index in [4.69, 9.17) is 5.73 Å². The van der Waals surface area contributed by atoms with Gasteiger partial charge in [-0.1, -0.05) is 50.1 Å². The Hall–Kier alpha value is -2.78. The number of carbonyl (C=O) groups excluding carboxylic acids is 3. The molecular formula is C27H37Cl2N5O3. The van der Waals surface area contributed by atoms with Gasteiger partial charge in [0.05, 0.1) is 17.3 Å². The third kappa shape index (κ3) is 9.89. The molecule has 1 aromatic carbocycles. The number of benzene rings is 1. The van der Waals surface area contributed by atoms with Gasteiger partial charge < -0.3 is 16.0 Å². The van der Waals surface area contributed by atoms with E-state index in [9.17, 15) is 14.4 Å². The first-order chi connectivity index (χ1) is 16.9. The minimum Gasteiger partial charge on any atom is -0.363 e. The van der Waals surface area contributed by atoms with Crippen molar-refractivity contribution in [3.8, 4) is 0 Å². The van der Waals surface area contributed by atoms with Crippen LogP contribution in [0.1, 0.15) is 53.4 Å². The number of halogens is 2. The molecule has 3 rings (SSSR count). The first kappa shape index (κ1) is 32.2. The zero-order valence-corrected chi connectivity index (χ0v) is 23.0. The van der Waals surface area contributed by atoms with Gasteiger partial charge in [0, 0.05) is 38.9 Å². The summed E-state index contributed by atoms with van der Waals surface area (Å²) in [6.07, 6.45) is 7.17. The molecule has 37 heavy (non-hydrogen) atoms. The number of nitrogens with zero attached hydrogens (tertiary/aromatic N) is 3. The second-order valence-electron chi connectivity index (χ2n) is 8.99. The fraction of sp³-hybridized carbons (Fsp3) is 0.407. The summed E-state index contributed by atoms with van der Waals surface area (Å²) in [5.74, 6) is -2.30. The predicted molar refractivity (Wildman–Crippen MR) is 152 cm³/mol. The number of carbonyl (C=O) groups is 3. The zero-order chi connectivity index (χ0) is 25.2. The molecule has 1 aliphatic heterocycles. The van der Waals surface area contributed by atoms with Crippen LogP contribution >= 0.6 is 24.8 Å². The number of primary amides is 1. The summed E-state index contributed by atoms with van der Waals surface area (Å²) < 4.78 is 0. The van der Waals surface area contributed by atoms with E-state index in [0.717, 1.165) is 44.7 Å². The molecule has 0 spiro atoms. The summed E-state index contributed by atoms with van der Waals surface area (Å²) in [4.78, 5) is 45.6. The van der Waals surface area contributed by atoms with Gasteiger partial charge in [0.2, 0.25) is 5.78 Å². The van der Waals surface area contributed by atoms with Crippen molar-refractivity contribution in [1.29, 1.82) is 0 Å². The Balaban J connectivity index is 0.00000342. The average Bonchev–Trinajstić information content (AvgIpc) is 2.87. The smallest absolute Gasteiger partial charge is 0.287 e. The lowest BCUT2D eigenvalue weighted by Crippen LogP contribution is -2.46. The molecule has 1 fully saturated rings. The summed E-state index contributed by atoms with van der Waals surface area (Å²) in [5.41, 5.74) is 8.23. The number of nitrogens with one attached hydrogen (secondary N) is 1. The van der Waals surface area contributed by atoms with Crippen LogP contribution in [0.3, 0.4) is 0 Å². The topological polar surface area (TPSA) is 109 Å². The first-order valence-electron chi connectivity index (χ1n) is 12.1. The second-order valence-corrected chi connectivity index (χ2v) is 8.99. The number of ketones is 1. The Morgan fingerprint density at radius 1 is 1.05 bits per heavy atom. The molecule has 1 atom stereocenters. The Kier molecular flexibility index (Phi) is 14.1. The summed E-state index contributed by atoms with van der Waals surface area (Å²) >= 11 is 0. The molecule has 0 radical (unpaired) electrons. The zero-order valence-electron chi connectivity index (χ0n) is 21.4. The van der Waals surface area contributed by atoms with Crippen molar-refractivity contribution >= 4 is 54.6 Å². The highest BCUT2D eigenvalue weighted by Gasteiger charge is 2.25. The fourth-order valence-electron chi connectivity index (χ4n) is 4.00. The van der Waals surface area contributed by atoms with Crippen molar-refractivity contribution in [2.24, 2.45) is 5.73 Å². The molecule has 3 N–H and O–H groups in total. The number of nitrogens with two attached hydrogens (primary N) is 1. The van der Waals surface area contributed by atoms with E-state index in [1.165, 1.54) is 5.56 Å². The van der Waals surface area contributed by atoms with Gasteiger partial charge >= 0.3 is 0 Å². The van der Waals surface area contributed by atoms with Crippen molar-refractivity contribution < 1.29 is 14.4 Å². The standard InChI is InChI=1S/C27H35N5O3.2ClH/c1-3-4-7-24(25(33)26(28)34)30-27(35)22-6-5-14-29-23(22)13-12-20-8-10-21(11-9-20)19-32-17-15-31(2)16-18-32;;/h5-6,8-14,24H,3-4,7,15-19H2,1-2H3,(H2,28,34)(H,30,35);2*1H/b13-12+;;. The molecule has 10 heteroatoms. The normalized spacial score (nSPS) is 14.9. The Morgan fingerprint density at radius 2 is 1.73 bits per heavy atom. The minimum absolute atomic E-state index is 0. The number of piperazine rings is 1. The van der Waals surface area contributed by atoms with Crippen LogP contribution in [0.15, 0.2) is 42.6 Å². The summed E-state index contributed by atoms with van der Waals surface area (Å²) in [6.45, 7) is 7.25. The highest BCUT2D eigenvalue weighted by molar-refractivity contribution is 6.38. The third-order valence-electron chi connectivity index (χ3n) is 6.21. The van der Waals surface area contributed by atoms with Crippen molar-refractivity contribution in [2.45, 2.75) is 38.8 Å². The maximum Gasteiger partial charge on any atom is 0.287 e. The van der Waals surface area contributed by atoms with E-state index in [1.807, 2.05) is 13.0 Å².